The van der Waals surface area contributed by atoms with Gasteiger partial charge in [0.2, 0.25) is 0 Å². The number of halogens is 1. The van der Waals surface area contributed by atoms with Gasteiger partial charge in [-0.1, -0.05) is 15.9 Å². The van der Waals surface area contributed by atoms with E-state index in [0.717, 1.165) is 0 Å². The van der Waals surface area contributed by atoms with Gasteiger partial charge in [0.25, 0.3) is 0 Å². The number of nitrogens with zero attached hydrogens (tertiary/aromatic N) is 2. The molecule has 0 fully saturated rings. The van der Waals surface area contributed by atoms with Crippen molar-refractivity contribution in [2.45, 2.75) is 6.10 Å². The predicted molar refractivity (Wildman–Crippen MR) is 84.6 cm³/mol. The van der Waals surface area contributed by atoms with E-state index in [1.807, 2.05) is 0 Å². The summed E-state index contributed by atoms with van der Waals surface area (Å²) in [6.07, 6.45) is -1.97. The molecular formula is C14H19BrN2O5. The first kappa shape index (κ1) is 18.2. The molecule has 0 aromatic heterocycles. The van der Waals surface area contributed by atoms with Crippen molar-refractivity contribution in [1.82, 2.24) is 9.80 Å². The van der Waals surface area contributed by atoms with Crippen LogP contribution in [0.3, 0.4) is 0 Å². The van der Waals surface area contributed by atoms with E-state index in [1.54, 1.807) is 28.2 Å². The third kappa shape index (κ3) is 5.19. The number of benzene rings is 1. The van der Waals surface area contributed by atoms with E-state index >= 15 is 0 Å². The molecule has 0 bridgehead atoms. The van der Waals surface area contributed by atoms with E-state index in [1.165, 1.54) is 28.0 Å². The van der Waals surface area contributed by atoms with E-state index in [4.69, 9.17) is 9.47 Å². The number of amides is 2. The Kier molecular flexibility index (Phi) is 6.63. The van der Waals surface area contributed by atoms with E-state index in [9.17, 15) is 14.7 Å². The van der Waals surface area contributed by atoms with Crippen LogP contribution in [0, 0.1) is 0 Å². The summed E-state index contributed by atoms with van der Waals surface area (Å²) in [5.41, 5.74) is 0.461. The fourth-order valence-electron chi connectivity index (χ4n) is 1.38. The van der Waals surface area contributed by atoms with Gasteiger partial charge in [-0.05, 0) is 17.7 Å². The number of hydrogen-bond acceptors (Lipinski definition) is 5. The number of rotatable bonds is 4. The van der Waals surface area contributed by atoms with Crippen LogP contribution in [-0.4, -0.2) is 60.6 Å². The van der Waals surface area contributed by atoms with Crippen LogP contribution in [-0.2, 0) is 0 Å². The van der Waals surface area contributed by atoms with Crippen molar-refractivity contribution < 1.29 is 24.2 Å². The summed E-state index contributed by atoms with van der Waals surface area (Å²) in [5.74, 6) is 0.357. The summed E-state index contributed by atoms with van der Waals surface area (Å²) < 4.78 is 10.3. The highest BCUT2D eigenvalue weighted by molar-refractivity contribution is 9.09. The van der Waals surface area contributed by atoms with Crippen molar-refractivity contribution in [3.05, 3.63) is 23.8 Å². The minimum atomic E-state index is -0.824. The van der Waals surface area contributed by atoms with Gasteiger partial charge in [0.05, 0.1) is 6.10 Å². The third-order valence-electron chi connectivity index (χ3n) is 2.57. The molecule has 0 radical (unpaired) electrons. The first-order chi connectivity index (χ1) is 10.2. The first-order valence-electron chi connectivity index (χ1n) is 6.42. The first-order valence-corrected chi connectivity index (χ1v) is 7.54. The lowest BCUT2D eigenvalue weighted by Crippen LogP contribution is -2.26. The monoisotopic (exact) mass is 374 g/mol. The number of hydrogen-bond donors (Lipinski definition) is 1. The second kappa shape index (κ2) is 8.00. The van der Waals surface area contributed by atoms with Gasteiger partial charge >= 0.3 is 12.2 Å². The third-order valence-corrected chi connectivity index (χ3v) is 3.19. The maximum atomic E-state index is 11.6. The zero-order chi connectivity index (χ0) is 16.9. The Bertz CT molecular complexity index is 508. The van der Waals surface area contributed by atoms with Crippen molar-refractivity contribution in [1.29, 1.82) is 0 Å². The molecule has 1 unspecified atom stereocenters. The average Bonchev–Trinajstić information content (AvgIpc) is 2.45. The van der Waals surface area contributed by atoms with Crippen LogP contribution >= 0.6 is 15.9 Å². The topological polar surface area (TPSA) is 79.3 Å². The molecule has 122 valence electrons. The summed E-state index contributed by atoms with van der Waals surface area (Å²) in [6, 6.07) is 4.44. The number of ether oxygens (including phenoxy) is 2. The molecule has 0 heterocycles. The second-order valence-corrected chi connectivity index (χ2v) is 5.58. The molecule has 22 heavy (non-hydrogen) atoms. The van der Waals surface area contributed by atoms with Gasteiger partial charge in [0, 0.05) is 39.6 Å². The molecule has 0 aliphatic heterocycles. The van der Waals surface area contributed by atoms with E-state index in [0.29, 0.717) is 10.9 Å². The smallest absolute Gasteiger partial charge is 0.410 e. The van der Waals surface area contributed by atoms with Gasteiger partial charge in [-0.15, -0.1) is 0 Å². The molecular weight excluding hydrogens is 356 g/mol. The van der Waals surface area contributed by atoms with Crippen LogP contribution in [0.4, 0.5) is 9.59 Å². The molecule has 1 aromatic carbocycles. The Balaban J connectivity index is 3.10. The molecule has 2 amide bonds. The average molecular weight is 375 g/mol. The number of alkyl halides is 1. The van der Waals surface area contributed by atoms with Gasteiger partial charge in [-0.25, -0.2) is 9.59 Å². The largest absolute Gasteiger partial charge is 0.414 e. The minimum Gasteiger partial charge on any atom is -0.410 e. The zero-order valence-electron chi connectivity index (χ0n) is 12.9. The summed E-state index contributed by atoms with van der Waals surface area (Å²) >= 11 is 3.17. The molecule has 1 N–H and O–H groups in total. The Morgan fingerprint density at radius 2 is 1.45 bits per heavy atom. The Labute approximate surface area is 137 Å². The van der Waals surface area contributed by atoms with E-state index in [-0.39, 0.29) is 11.5 Å². The van der Waals surface area contributed by atoms with Crippen molar-refractivity contribution in [2.24, 2.45) is 0 Å². The van der Waals surface area contributed by atoms with E-state index < -0.39 is 18.3 Å². The molecule has 0 aliphatic rings. The van der Waals surface area contributed by atoms with Crippen molar-refractivity contribution >= 4 is 28.1 Å². The van der Waals surface area contributed by atoms with Gasteiger partial charge in [0.15, 0.2) is 0 Å². The summed E-state index contributed by atoms with van der Waals surface area (Å²) in [7, 11) is 6.19. The lowest BCUT2D eigenvalue weighted by atomic mass is 10.1. The number of aliphatic hydroxyl groups excluding tert-OH is 1. The quantitative estimate of drug-likeness (QED) is 0.817. The summed E-state index contributed by atoms with van der Waals surface area (Å²) in [4.78, 5) is 25.8. The maximum Gasteiger partial charge on any atom is 0.414 e. The predicted octanol–water partition coefficient (Wildman–Crippen LogP) is 2.24. The van der Waals surface area contributed by atoms with E-state index in [2.05, 4.69) is 15.9 Å². The summed E-state index contributed by atoms with van der Waals surface area (Å²) in [5, 5.41) is 10.2. The number of carbonyl (C=O) groups is 2. The molecule has 0 saturated carbocycles. The molecule has 0 saturated heterocycles. The van der Waals surface area contributed by atoms with Gasteiger partial charge in [-0.3, -0.25) is 0 Å². The lowest BCUT2D eigenvalue weighted by Gasteiger charge is -2.16. The molecule has 8 heteroatoms. The normalized spacial score (nSPS) is 11.5. The number of aliphatic hydroxyl groups is 1. The molecule has 1 rings (SSSR count). The Morgan fingerprint density at radius 3 is 1.77 bits per heavy atom. The van der Waals surface area contributed by atoms with Crippen LogP contribution in [0.1, 0.15) is 11.7 Å². The highest BCUT2D eigenvalue weighted by Gasteiger charge is 2.15. The standard InChI is InChI=1S/C14H19BrN2O5/c1-16(2)13(19)21-10-5-9(12(18)8-15)6-11(7-10)22-14(20)17(3)4/h5-7,12,18H,8H2,1-4H3. The fraction of sp³-hybridized carbons (Fsp3) is 0.429. The molecule has 1 aromatic rings. The SMILES string of the molecule is CN(C)C(=O)Oc1cc(OC(=O)N(C)C)cc(C(O)CBr)c1. The Morgan fingerprint density at radius 1 is 1.05 bits per heavy atom. The van der Waals surface area contributed by atoms with Gasteiger partial charge in [0.1, 0.15) is 11.5 Å². The van der Waals surface area contributed by atoms with Crippen LogP contribution in [0.2, 0.25) is 0 Å². The maximum absolute atomic E-state index is 11.6. The highest BCUT2D eigenvalue weighted by atomic mass is 79.9. The van der Waals surface area contributed by atoms with Crippen LogP contribution in [0.15, 0.2) is 18.2 Å². The molecule has 1 atom stereocenters. The van der Waals surface area contributed by atoms with Crippen LogP contribution in [0.25, 0.3) is 0 Å². The molecule has 0 spiro atoms. The van der Waals surface area contributed by atoms with Crippen LogP contribution in [0.5, 0.6) is 11.5 Å². The lowest BCUT2D eigenvalue weighted by molar-refractivity contribution is 0.168. The number of carbonyl (C=O) groups excluding carboxylic acids is 2. The van der Waals surface area contributed by atoms with Crippen LogP contribution < -0.4 is 9.47 Å². The second-order valence-electron chi connectivity index (χ2n) is 4.93. The van der Waals surface area contributed by atoms with Gasteiger partial charge < -0.3 is 24.4 Å². The van der Waals surface area contributed by atoms with Gasteiger partial charge in [-0.2, -0.15) is 0 Å². The van der Waals surface area contributed by atoms with Crippen molar-refractivity contribution in [2.75, 3.05) is 33.5 Å². The van der Waals surface area contributed by atoms with Crippen molar-refractivity contribution in [3.8, 4) is 11.5 Å². The molecule has 7 nitrogen and oxygen atoms in total. The van der Waals surface area contributed by atoms with Crippen molar-refractivity contribution in [3.63, 3.8) is 0 Å². The minimum absolute atomic E-state index is 0.178. The zero-order valence-corrected chi connectivity index (χ0v) is 14.5. The summed E-state index contributed by atoms with van der Waals surface area (Å²) in [6.45, 7) is 0. The molecule has 0 aliphatic carbocycles. The Hall–Kier alpha value is -1.80. The fourth-order valence-corrected chi connectivity index (χ4v) is 1.75. The highest BCUT2D eigenvalue weighted by Crippen LogP contribution is 2.28.